The summed E-state index contributed by atoms with van der Waals surface area (Å²) in [7, 11) is 2.11. The zero-order chi connectivity index (χ0) is 16.8. The molecule has 2 nitrogen and oxygen atoms in total. The van der Waals surface area contributed by atoms with E-state index in [9.17, 15) is 5.26 Å². The summed E-state index contributed by atoms with van der Waals surface area (Å²) in [6, 6.07) is 31.2. The van der Waals surface area contributed by atoms with Gasteiger partial charge in [-0.15, -0.1) is 0 Å². The molecule has 3 rings (SSSR count). The maximum atomic E-state index is 9.34. The number of hydrogen-bond acceptors (Lipinski definition) is 2. The van der Waals surface area contributed by atoms with Gasteiger partial charge in [0.1, 0.15) is 0 Å². The Kier molecular flexibility index (Phi) is 5.05. The SMILES string of the molecule is CN(Cc1ccccc1C#N)C(c1ccccc1)c1ccccc1. The summed E-state index contributed by atoms with van der Waals surface area (Å²) in [5.74, 6) is 0. The molecule has 3 aromatic rings. The maximum Gasteiger partial charge on any atom is 0.0995 e. The lowest BCUT2D eigenvalue weighted by atomic mass is 9.96. The molecular weight excluding hydrogens is 292 g/mol. The van der Waals surface area contributed by atoms with E-state index in [0.717, 1.165) is 17.7 Å². The number of benzene rings is 3. The smallest absolute Gasteiger partial charge is 0.0995 e. The van der Waals surface area contributed by atoms with Crippen LogP contribution in [0.1, 0.15) is 28.3 Å². The molecule has 0 radical (unpaired) electrons. The fraction of sp³-hybridized carbons (Fsp3) is 0.136. The summed E-state index contributed by atoms with van der Waals surface area (Å²) in [5, 5.41) is 9.34. The van der Waals surface area contributed by atoms with Crippen LogP contribution in [0.5, 0.6) is 0 Å². The van der Waals surface area contributed by atoms with Crippen LogP contribution in [-0.4, -0.2) is 11.9 Å². The van der Waals surface area contributed by atoms with Gasteiger partial charge >= 0.3 is 0 Å². The Labute approximate surface area is 143 Å². The van der Waals surface area contributed by atoms with Gasteiger partial charge in [-0.1, -0.05) is 78.9 Å². The highest BCUT2D eigenvalue weighted by Crippen LogP contribution is 2.29. The Morgan fingerprint density at radius 2 is 1.29 bits per heavy atom. The van der Waals surface area contributed by atoms with E-state index in [-0.39, 0.29) is 6.04 Å². The molecule has 0 unspecified atom stereocenters. The largest absolute Gasteiger partial charge is 0.291 e. The first-order valence-corrected chi connectivity index (χ1v) is 8.07. The predicted molar refractivity (Wildman–Crippen MR) is 97.4 cm³/mol. The summed E-state index contributed by atoms with van der Waals surface area (Å²) in [5.41, 5.74) is 4.30. The molecule has 0 heterocycles. The van der Waals surface area contributed by atoms with Gasteiger partial charge < -0.3 is 0 Å². The standard InChI is InChI=1S/C22H20N2/c1-24(17-21-15-9-8-14-20(21)16-23)22(18-10-4-2-5-11-18)19-12-6-3-7-13-19/h2-15,22H,17H2,1H3. The molecular formula is C22H20N2. The van der Waals surface area contributed by atoms with E-state index in [2.05, 4.69) is 66.5 Å². The first-order chi connectivity index (χ1) is 11.8. The predicted octanol–water partition coefficient (Wildman–Crippen LogP) is 4.78. The Morgan fingerprint density at radius 3 is 1.83 bits per heavy atom. The summed E-state index contributed by atoms with van der Waals surface area (Å²) < 4.78 is 0. The highest BCUT2D eigenvalue weighted by Gasteiger charge is 2.19. The minimum Gasteiger partial charge on any atom is -0.291 e. The summed E-state index contributed by atoms with van der Waals surface area (Å²) in [6.45, 7) is 0.720. The highest BCUT2D eigenvalue weighted by atomic mass is 15.1. The Bertz CT molecular complexity index is 780. The normalized spacial score (nSPS) is 10.8. The van der Waals surface area contributed by atoms with Crippen LogP contribution in [-0.2, 0) is 6.54 Å². The number of nitriles is 1. The molecule has 118 valence electrons. The average Bonchev–Trinajstić information content (AvgIpc) is 2.64. The van der Waals surface area contributed by atoms with Crippen LogP contribution in [0.15, 0.2) is 84.9 Å². The van der Waals surface area contributed by atoms with Crippen LogP contribution in [0.4, 0.5) is 0 Å². The molecule has 0 amide bonds. The number of rotatable bonds is 5. The number of nitrogens with zero attached hydrogens (tertiary/aromatic N) is 2. The van der Waals surface area contributed by atoms with Crippen LogP contribution in [0.3, 0.4) is 0 Å². The van der Waals surface area contributed by atoms with Crippen molar-refractivity contribution in [2.75, 3.05) is 7.05 Å². The summed E-state index contributed by atoms with van der Waals surface area (Å²) >= 11 is 0. The van der Waals surface area contributed by atoms with Crippen LogP contribution in [0.25, 0.3) is 0 Å². The van der Waals surface area contributed by atoms with Crippen molar-refractivity contribution >= 4 is 0 Å². The van der Waals surface area contributed by atoms with Crippen molar-refractivity contribution in [1.82, 2.24) is 4.90 Å². The van der Waals surface area contributed by atoms with Crippen LogP contribution >= 0.6 is 0 Å². The molecule has 0 atom stereocenters. The Balaban J connectivity index is 1.95. The van der Waals surface area contributed by atoms with Gasteiger partial charge in [-0.2, -0.15) is 5.26 Å². The summed E-state index contributed by atoms with van der Waals surface area (Å²) in [4.78, 5) is 2.29. The van der Waals surface area contributed by atoms with E-state index in [1.807, 2.05) is 36.4 Å². The lowest BCUT2D eigenvalue weighted by molar-refractivity contribution is 0.270. The quantitative estimate of drug-likeness (QED) is 0.678. The van der Waals surface area contributed by atoms with E-state index in [0.29, 0.717) is 0 Å². The molecule has 2 heteroatoms. The molecule has 0 aliphatic carbocycles. The Hall–Kier alpha value is -2.89. The highest BCUT2D eigenvalue weighted by molar-refractivity contribution is 5.38. The van der Waals surface area contributed by atoms with E-state index < -0.39 is 0 Å². The molecule has 0 spiro atoms. The van der Waals surface area contributed by atoms with E-state index >= 15 is 0 Å². The van der Waals surface area contributed by atoms with Crippen molar-refractivity contribution in [3.63, 3.8) is 0 Å². The van der Waals surface area contributed by atoms with Crippen molar-refractivity contribution < 1.29 is 0 Å². The van der Waals surface area contributed by atoms with E-state index in [1.165, 1.54) is 11.1 Å². The van der Waals surface area contributed by atoms with Gasteiger partial charge in [-0.3, -0.25) is 4.90 Å². The molecule has 0 N–H and O–H groups in total. The van der Waals surface area contributed by atoms with Crippen molar-refractivity contribution in [3.8, 4) is 6.07 Å². The van der Waals surface area contributed by atoms with Crippen LogP contribution < -0.4 is 0 Å². The zero-order valence-corrected chi connectivity index (χ0v) is 13.8. The van der Waals surface area contributed by atoms with Crippen LogP contribution in [0, 0.1) is 11.3 Å². The molecule has 0 saturated heterocycles. The molecule has 0 saturated carbocycles. The van der Waals surface area contributed by atoms with Crippen molar-refractivity contribution in [2.24, 2.45) is 0 Å². The lowest BCUT2D eigenvalue weighted by Crippen LogP contribution is -2.25. The Morgan fingerprint density at radius 1 is 0.792 bits per heavy atom. The topological polar surface area (TPSA) is 27.0 Å². The molecule has 0 aliphatic rings. The fourth-order valence-electron chi connectivity index (χ4n) is 3.10. The molecule has 3 aromatic carbocycles. The first-order valence-electron chi connectivity index (χ1n) is 8.07. The number of hydrogen-bond donors (Lipinski definition) is 0. The average molecular weight is 312 g/mol. The van der Waals surface area contributed by atoms with Crippen molar-refractivity contribution in [2.45, 2.75) is 12.6 Å². The monoisotopic (exact) mass is 312 g/mol. The van der Waals surface area contributed by atoms with Crippen LogP contribution in [0.2, 0.25) is 0 Å². The fourth-order valence-corrected chi connectivity index (χ4v) is 3.10. The third kappa shape index (κ3) is 3.53. The molecule has 0 aromatic heterocycles. The van der Waals surface area contributed by atoms with Gasteiger partial charge in [-0.25, -0.2) is 0 Å². The van der Waals surface area contributed by atoms with Gasteiger partial charge in [0.15, 0.2) is 0 Å². The first kappa shape index (κ1) is 16.0. The molecule has 24 heavy (non-hydrogen) atoms. The van der Waals surface area contributed by atoms with Gasteiger partial charge in [0, 0.05) is 6.54 Å². The minimum atomic E-state index is 0.152. The second kappa shape index (κ2) is 7.59. The second-order valence-corrected chi connectivity index (χ2v) is 5.91. The molecule has 0 fully saturated rings. The van der Waals surface area contributed by atoms with Crippen molar-refractivity contribution in [1.29, 1.82) is 5.26 Å². The van der Waals surface area contributed by atoms with E-state index in [1.54, 1.807) is 0 Å². The molecule has 0 bridgehead atoms. The van der Waals surface area contributed by atoms with Gasteiger partial charge in [0.25, 0.3) is 0 Å². The maximum absolute atomic E-state index is 9.34. The third-order valence-corrected chi connectivity index (χ3v) is 4.23. The summed E-state index contributed by atoms with van der Waals surface area (Å²) in [6.07, 6.45) is 0. The van der Waals surface area contributed by atoms with Gasteiger partial charge in [0.05, 0.1) is 17.7 Å². The molecule has 0 aliphatic heterocycles. The van der Waals surface area contributed by atoms with Gasteiger partial charge in [0.2, 0.25) is 0 Å². The third-order valence-electron chi connectivity index (χ3n) is 4.23. The zero-order valence-electron chi connectivity index (χ0n) is 13.8. The minimum absolute atomic E-state index is 0.152. The van der Waals surface area contributed by atoms with Gasteiger partial charge in [-0.05, 0) is 29.8 Å². The van der Waals surface area contributed by atoms with E-state index in [4.69, 9.17) is 0 Å². The second-order valence-electron chi connectivity index (χ2n) is 5.91. The lowest BCUT2D eigenvalue weighted by Gasteiger charge is -2.29. The van der Waals surface area contributed by atoms with Crippen molar-refractivity contribution in [3.05, 3.63) is 107 Å².